The molecule has 1 atom stereocenters. The summed E-state index contributed by atoms with van der Waals surface area (Å²) in [4.78, 5) is 33.3. The van der Waals surface area contributed by atoms with Crippen LogP contribution in [0.3, 0.4) is 0 Å². The molecule has 0 bridgehead atoms. The number of hydrogen-bond donors (Lipinski definition) is 4. The number of nitrogens with zero attached hydrogens (tertiary/aromatic N) is 1. The number of rotatable bonds is 14. The summed E-state index contributed by atoms with van der Waals surface area (Å²) in [6.45, 7) is 0.289. The predicted molar refractivity (Wildman–Crippen MR) is 171 cm³/mol. The van der Waals surface area contributed by atoms with Crippen LogP contribution in [0.25, 0.3) is 10.8 Å². The molecule has 240 valence electrons. The third-order valence-electron chi connectivity index (χ3n) is 7.39. The van der Waals surface area contributed by atoms with E-state index in [4.69, 9.17) is 9.79 Å². The fourth-order valence-electron chi connectivity index (χ4n) is 5.01. The normalized spacial score (nSPS) is 13.0. The first-order chi connectivity index (χ1) is 21.2. The maximum absolute atomic E-state index is 14.2. The average Bonchev–Trinajstić information content (AvgIpc) is 3.00. The van der Waals surface area contributed by atoms with Crippen molar-refractivity contribution in [1.29, 1.82) is 0 Å². The molecule has 9 nitrogen and oxygen atoms in total. The molecule has 0 aliphatic carbocycles. The van der Waals surface area contributed by atoms with Gasteiger partial charge in [0.2, 0.25) is 15.9 Å². The van der Waals surface area contributed by atoms with Crippen LogP contribution in [0.2, 0.25) is 0 Å². The van der Waals surface area contributed by atoms with Crippen molar-refractivity contribution in [3.05, 3.63) is 108 Å². The van der Waals surface area contributed by atoms with Crippen molar-refractivity contribution in [2.24, 2.45) is 0 Å². The lowest BCUT2D eigenvalue weighted by Crippen LogP contribution is -2.48. The van der Waals surface area contributed by atoms with E-state index in [-0.39, 0.29) is 17.9 Å². The fourth-order valence-corrected chi connectivity index (χ4v) is 6.91. The lowest BCUT2D eigenvalue weighted by Gasteiger charge is -2.21. The maximum atomic E-state index is 14.2. The van der Waals surface area contributed by atoms with Gasteiger partial charge in [-0.2, -0.15) is 13.5 Å². The van der Waals surface area contributed by atoms with Gasteiger partial charge in [-0.3, -0.25) is 9.36 Å². The highest BCUT2D eigenvalue weighted by Crippen LogP contribution is 2.59. The van der Waals surface area contributed by atoms with Crippen molar-refractivity contribution >= 4 is 40.0 Å². The molecule has 4 aromatic rings. The molecule has 45 heavy (non-hydrogen) atoms. The molecular formula is C32H36F2N3O6PS. The Morgan fingerprint density at radius 2 is 1.51 bits per heavy atom. The van der Waals surface area contributed by atoms with Crippen LogP contribution in [0.5, 0.6) is 0 Å². The average molecular weight is 660 g/mol. The lowest BCUT2D eigenvalue weighted by molar-refractivity contribution is -0.122. The summed E-state index contributed by atoms with van der Waals surface area (Å²) < 4.78 is 69.7. The molecular weight excluding hydrogens is 623 g/mol. The Morgan fingerprint density at radius 1 is 0.867 bits per heavy atom. The van der Waals surface area contributed by atoms with Gasteiger partial charge in [0.15, 0.2) is 0 Å². The number of aryl methyl sites for hydroxylation is 1. The molecule has 0 saturated heterocycles. The molecule has 0 spiro atoms. The molecule has 1 amide bonds. The van der Waals surface area contributed by atoms with E-state index in [1.54, 1.807) is 24.3 Å². The minimum Gasteiger partial charge on any atom is -0.377 e. The summed E-state index contributed by atoms with van der Waals surface area (Å²) >= 11 is 0. The summed E-state index contributed by atoms with van der Waals surface area (Å²) in [6, 6.07) is 22.8. The molecule has 4 N–H and O–H groups in total. The van der Waals surface area contributed by atoms with Crippen LogP contribution in [0, 0.1) is 0 Å². The first kappa shape index (κ1) is 34.2. The third-order valence-corrected chi connectivity index (χ3v) is 9.91. The van der Waals surface area contributed by atoms with Crippen molar-refractivity contribution in [2.75, 3.05) is 25.5 Å². The Bertz CT molecular complexity index is 1780. The number of amides is 1. The number of carbonyl (C=O) groups is 1. The van der Waals surface area contributed by atoms with Gasteiger partial charge >= 0.3 is 13.3 Å². The Labute approximate surface area is 261 Å². The van der Waals surface area contributed by atoms with Gasteiger partial charge in [-0.15, -0.1) is 0 Å². The van der Waals surface area contributed by atoms with Gasteiger partial charge in [0.05, 0.1) is 4.90 Å². The van der Waals surface area contributed by atoms with Crippen LogP contribution in [0.15, 0.2) is 95.9 Å². The van der Waals surface area contributed by atoms with E-state index in [1.165, 1.54) is 18.2 Å². The second kappa shape index (κ2) is 14.2. The number of benzene rings is 4. The zero-order chi connectivity index (χ0) is 32.8. The molecule has 0 radical (unpaired) electrons. The Balaban J connectivity index is 1.57. The monoisotopic (exact) mass is 659 g/mol. The van der Waals surface area contributed by atoms with Crippen molar-refractivity contribution in [1.82, 2.24) is 10.0 Å². The van der Waals surface area contributed by atoms with Crippen molar-refractivity contribution < 1.29 is 36.3 Å². The van der Waals surface area contributed by atoms with Gasteiger partial charge in [0.1, 0.15) is 6.04 Å². The molecule has 4 rings (SSSR count). The third kappa shape index (κ3) is 8.33. The number of carbonyl (C=O) groups excluding carboxylic acids is 1. The molecule has 0 saturated carbocycles. The van der Waals surface area contributed by atoms with Gasteiger partial charge in [-0.1, -0.05) is 78.9 Å². The lowest BCUT2D eigenvalue weighted by atomic mass is 10.0. The van der Waals surface area contributed by atoms with Crippen molar-refractivity contribution in [2.45, 2.75) is 42.3 Å². The van der Waals surface area contributed by atoms with Crippen molar-refractivity contribution in [3.63, 3.8) is 0 Å². The van der Waals surface area contributed by atoms with E-state index >= 15 is 0 Å². The van der Waals surface area contributed by atoms with E-state index in [1.807, 2.05) is 55.4 Å². The molecule has 0 aliphatic heterocycles. The van der Waals surface area contributed by atoms with Crippen LogP contribution >= 0.6 is 7.60 Å². The molecule has 1 unspecified atom stereocenters. The van der Waals surface area contributed by atoms with Gasteiger partial charge in [0, 0.05) is 42.7 Å². The second-order valence-electron chi connectivity index (χ2n) is 10.9. The highest BCUT2D eigenvalue weighted by molar-refractivity contribution is 7.89. The van der Waals surface area contributed by atoms with Gasteiger partial charge < -0.3 is 20.0 Å². The van der Waals surface area contributed by atoms with Crippen LogP contribution < -0.4 is 14.9 Å². The van der Waals surface area contributed by atoms with Gasteiger partial charge in [-0.05, 0) is 48.9 Å². The molecule has 13 heteroatoms. The Hall–Kier alpha value is -3.67. The van der Waals surface area contributed by atoms with E-state index in [0.717, 1.165) is 36.2 Å². The van der Waals surface area contributed by atoms with Gasteiger partial charge in [0.25, 0.3) is 0 Å². The largest absolute Gasteiger partial charge is 0.399 e. The highest BCUT2D eigenvalue weighted by Gasteiger charge is 2.50. The molecule has 0 fully saturated rings. The molecule has 0 aromatic heterocycles. The standard InChI is InChI=1S/C32H36F2N3O6PS/c1-37(2)29-15-8-14-27-26(29)13-9-16-30(27)45(42,43)36-28(31(38)35-21-7-6-12-23-10-4-3-5-11-23)22-24-17-19-25(20-18-24)32(33,34)44(39,40)41/h3-5,8-11,13-20,28,36H,6-7,12,21-22H2,1-2H3,(H,35,38)(H2,39,40,41). The van der Waals surface area contributed by atoms with E-state index < -0.39 is 40.8 Å². The van der Waals surface area contributed by atoms with Crippen LogP contribution in [-0.4, -0.2) is 50.8 Å². The Kier molecular flexibility index (Phi) is 10.8. The van der Waals surface area contributed by atoms with Crippen molar-refractivity contribution in [3.8, 4) is 0 Å². The number of hydrogen-bond acceptors (Lipinski definition) is 5. The van der Waals surface area contributed by atoms with Crippen LogP contribution in [-0.2, 0) is 37.9 Å². The summed E-state index contributed by atoms with van der Waals surface area (Å²) in [5, 5.41) is 3.94. The topological polar surface area (TPSA) is 136 Å². The van der Waals surface area contributed by atoms with E-state index in [2.05, 4.69) is 10.0 Å². The fraction of sp³-hybridized carbons (Fsp3) is 0.281. The molecule has 0 aliphatic rings. The summed E-state index contributed by atoms with van der Waals surface area (Å²) in [6.07, 6.45) is 2.04. The van der Waals surface area contributed by atoms with Crippen LogP contribution in [0.4, 0.5) is 14.5 Å². The number of nitrogens with one attached hydrogen (secondary N) is 2. The zero-order valence-electron chi connectivity index (χ0n) is 24.9. The number of alkyl halides is 2. The molecule has 4 aromatic carbocycles. The number of anilines is 1. The second-order valence-corrected chi connectivity index (χ2v) is 14.2. The number of unbranched alkanes of at least 4 members (excludes halogenated alkanes) is 1. The van der Waals surface area contributed by atoms with E-state index in [9.17, 15) is 26.6 Å². The highest BCUT2D eigenvalue weighted by atomic mass is 32.2. The summed E-state index contributed by atoms with van der Waals surface area (Å²) in [7, 11) is -6.35. The Morgan fingerprint density at radius 3 is 2.16 bits per heavy atom. The summed E-state index contributed by atoms with van der Waals surface area (Å²) in [5.74, 6) is -0.600. The SMILES string of the molecule is CN(C)c1cccc2c(S(=O)(=O)NC(Cc3ccc(C(F)(F)P(=O)(O)O)cc3)C(=O)NCCCCc3ccccc3)cccc12. The van der Waals surface area contributed by atoms with Gasteiger partial charge in [-0.25, -0.2) is 8.42 Å². The van der Waals surface area contributed by atoms with E-state index in [0.29, 0.717) is 22.8 Å². The smallest absolute Gasteiger partial charge is 0.377 e. The maximum Gasteiger partial charge on any atom is 0.399 e. The quantitative estimate of drug-likeness (QED) is 0.108. The first-order valence-electron chi connectivity index (χ1n) is 14.3. The minimum absolute atomic E-state index is 0.0269. The van der Waals surface area contributed by atoms with Crippen LogP contribution in [0.1, 0.15) is 29.5 Å². The first-order valence-corrected chi connectivity index (χ1v) is 17.4. The predicted octanol–water partition coefficient (Wildman–Crippen LogP) is 5.16. The number of halogens is 2. The number of sulfonamides is 1. The zero-order valence-corrected chi connectivity index (χ0v) is 26.6. The minimum atomic E-state index is -5.77. The summed E-state index contributed by atoms with van der Waals surface area (Å²) in [5.41, 5.74) is -3.02. The number of fused-ring (bicyclic) bond motifs is 1. The molecule has 0 heterocycles.